The van der Waals surface area contributed by atoms with Crippen molar-refractivity contribution in [3.63, 3.8) is 0 Å². The number of rotatable bonds is 6. The van der Waals surface area contributed by atoms with E-state index in [-0.39, 0.29) is 46.1 Å². The smallest absolute Gasteiger partial charge is 0.359 e. The fraction of sp³-hybridized carbons (Fsp3) is 0.130. The molecule has 4 rings (SSSR count). The zero-order valence-corrected chi connectivity index (χ0v) is 18.9. The van der Waals surface area contributed by atoms with Crippen LogP contribution in [0.1, 0.15) is 23.0 Å². The number of halogens is 2. The normalized spacial score (nSPS) is 10.9. The maximum absolute atomic E-state index is 13.4. The minimum absolute atomic E-state index is 0.0680. The third kappa shape index (κ3) is 4.79. The van der Waals surface area contributed by atoms with E-state index < -0.39 is 17.3 Å². The van der Waals surface area contributed by atoms with E-state index in [0.717, 1.165) is 21.6 Å². The Bertz CT molecular complexity index is 1400. The third-order valence-corrected chi connectivity index (χ3v) is 5.87. The molecule has 2 aromatic heterocycles. The number of aromatic nitrogens is 2. The molecule has 1 N–H and O–H groups in total. The molecule has 0 fully saturated rings. The van der Waals surface area contributed by atoms with Gasteiger partial charge in [0.15, 0.2) is 5.69 Å². The number of nitrogens with one attached hydrogen (secondary N) is 1. The number of hydrogen-bond donors (Lipinski definition) is 1. The average molecular weight is 486 g/mol. The molecule has 10 heteroatoms. The molecule has 0 radical (unpaired) electrons. The molecular weight excluding hydrogens is 469 g/mol. The summed E-state index contributed by atoms with van der Waals surface area (Å²) in [5.41, 5.74) is 0.367. The van der Waals surface area contributed by atoms with E-state index in [9.17, 15) is 18.8 Å². The fourth-order valence-electron chi connectivity index (χ4n) is 3.21. The molecule has 0 saturated heterocycles. The summed E-state index contributed by atoms with van der Waals surface area (Å²) in [4.78, 5) is 38.5. The highest BCUT2D eigenvalue weighted by Gasteiger charge is 2.23. The van der Waals surface area contributed by atoms with Crippen molar-refractivity contribution >= 4 is 50.6 Å². The molecule has 0 aliphatic rings. The van der Waals surface area contributed by atoms with Crippen LogP contribution in [0.15, 0.2) is 58.7 Å². The predicted molar refractivity (Wildman–Crippen MR) is 125 cm³/mol. The largest absolute Gasteiger partial charge is 0.461 e. The van der Waals surface area contributed by atoms with Crippen molar-refractivity contribution in [3.05, 3.63) is 86.4 Å². The summed E-state index contributed by atoms with van der Waals surface area (Å²) in [6, 6.07) is 11.9. The summed E-state index contributed by atoms with van der Waals surface area (Å²) in [6.45, 7) is 1.77. The van der Waals surface area contributed by atoms with E-state index >= 15 is 0 Å². The lowest BCUT2D eigenvalue weighted by atomic mass is 10.1. The van der Waals surface area contributed by atoms with Gasteiger partial charge in [-0.15, -0.1) is 11.3 Å². The van der Waals surface area contributed by atoms with Gasteiger partial charge in [0, 0.05) is 15.8 Å². The van der Waals surface area contributed by atoms with E-state index in [2.05, 4.69) is 10.4 Å². The van der Waals surface area contributed by atoms with Gasteiger partial charge in [-0.2, -0.15) is 9.78 Å². The Kier molecular flexibility index (Phi) is 6.52. The van der Waals surface area contributed by atoms with Gasteiger partial charge in [0.05, 0.1) is 24.1 Å². The minimum atomic E-state index is -0.713. The molecule has 0 spiro atoms. The van der Waals surface area contributed by atoms with Gasteiger partial charge < -0.3 is 10.1 Å². The van der Waals surface area contributed by atoms with E-state index in [1.54, 1.807) is 36.6 Å². The maximum Gasteiger partial charge on any atom is 0.359 e. The van der Waals surface area contributed by atoms with Crippen LogP contribution in [0.2, 0.25) is 5.02 Å². The molecule has 2 heterocycles. The standard InChI is InChI=1S/C23H17ClFN3O4S/c1-2-32-23(31)20-17-12-33-21(26-18(29)11-13-3-5-14(24)6-4-13)19(17)22(30)28(27-20)16-9-7-15(25)8-10-16/h3-10,12H,2,11H2,1H3,(H,26,29). The Labute approximate surface area is 196 Å². The first-order chi connectivity index (χ1) is 15.9. The molecular formula is C23H17ClFN3O4S. The predicted octanol–water partition coefficient (Wildman–Crippen LogP) is 4.60. The van der Waals surface area contributed by atoms with Crippen LogP contribution in [-0.2, 0) is 16.0 Å². The molecule has 4 aromatic rings. The average Bonchev–Trinajstić information content (AvgIpc) is 3.20. The molecule has 0 aliphatic heterocycles. The minimum Gasteiger partial charge on any atom is -0.461 e. The first-order valence-corrected chi connectivity index (χ1v) is 11.1. The Morgan fingerprint density at radius 1 is 1.15 bits per heavy atom. The number of carbonyl (C=O) groups is 2. The number of fused-ring (bicyclic) bond motifs is 1. The van der Waals surface area contributed by atoms with E-state index in [0.29, 0.717) is 5.02 Å². The SMILES string of the molecule is CCOC(=O)c1nn(-c2ccc(F)cc2)c(=O)c2c(NC(=O)Cc3ccc(Cl)cc3)scc12. The number of anilines is 1. The van der Waals surface area contributed by atoms with Gasteiger partial charge in [0.25, 0.3) is 5.56 Å². The summed E-state index contributed by atoms with van der Waals surface area (Å²) >= 11 is 6.98. The maximum atomic E-state index is 13.4. The van der Waals surface area contributed by atoms with Gasteiger partial charge in [0.2, 0.25) is 5.91 Å². The molecule has 7 nitrogen and oxygen atoms in total. The van der Waals surface area contributed by atoms with Crippen LogP contribution in [-0.4, -0.2) is 28.3 Å². The Hall–Kier alpha value is -3.56. The van der Waals surface area contributed by atoms with Crippen LogP contribution in [0.3, 0.4) is 0 Å². The van der Waals surface area contributed by atoms with Crippen LogP contribution in [0.4, 0.5) is 9.39 Å². The van der Waals surface area contributed by atoms with Gasteiger partial charge in [-0.1, -0.05) is 23.7 Å². The van der Waals surface area contributed by atoms with E-state index in [1.807, 2.05) is 0 Å². The van der Waals surface area contributed by atoms with Crippen molar-refractivity contribution in [2.75, 3.05) is 11.9 Å². The van der Waals surface area contributed by atoms with Crippen LogP contribution < -0.4 is 10.9 Å². The Balaban J connectivity index is 1.78. The molecule has 0 aliphatic carbocycles. The molecule has 1 amide bonds. The van der Waals surface area contributed by atoms with E-state index in [1.165, 1.54) is 24.3 Å². The van der Waals surface area contributed by atoms with Crippen molar-refractivity contribution < 1.29 is 18.7 Å². The summed E-state index contributed by atoms with van der Waals surface area (Å²) in [7, 11) is 0. The number of hydrogen-bond acceptors (Lipinski definition) is 6. The van der Waals surface area contributed by atoms with Crippen LogP contribution >= 0.6 is 22.9 Å². The molecule has 0 saturated carbocycles. The number of esters is 1. The highest BCUT2D eigenvalue weighted by molar-refractivity contribution is 7.16. The van der Waals surface area contributed by atoms with Gasteiger partial charge in [-0.05, 0) is 48.9 Å². The summed E-state index contributed by atoms with van der Waals surface area (Å²) in [6.07, 6.45) is 0.0680. The van der Waals surface area contributed by atoms with Crippen LogP contribution in [0.5, 0.6) is 0 Å². The lowest BCUT2D eigenvalue weighted by Crippen LogP contribution is -2.25. The second kappa shape index (κ2) is 9.51. The number of carbonyl (C=O) groups excluding carboxylic acids is 2. The van der Waals surface area contributed by atoms with Gasteiger partial charge in [-0.25, -0.2) is 9.18 Å². The van der Waals surface area contributed by atoms with Crippen molar-refractivity contribution in [2.45, 2.75) is 13.3 Å². The number of nitrogens with zero attached hydrogens (tertiary/aromatic N) is 2. The quantitative estimate of drug-likeness (QED) is 0.403. The van der Waals surface area contributed by atoms with Crippen molar-refractivity contribution in [1.82, 2.24) is 9.78 Å². The van der Waals surface area contributed by atoms with Crippen molar-refractivity contribution in [2.24, 2.45) is 0 Å². The fourth-order valence-corrected chi connectivity index (χ4v) is 4.29. The number of thiophene rings is 1. The molecule has 0 bridgehead atoms. The monoisotopic (exact) mass is 485 g/mol. The molecule has 33 heavy (non-hydrogen) atoms. The lowest BCUT2D eigenvalue weighted by molar-refractivity contribution is -0.115. The van der Waals surface area contributed by atoms with Crippen molar-refractivity contribution in [3.8, 4) is 5.69 Å². The molecule has 168 valence electrons. The van der Waals surface area contributed by atoms with E-state index in [4.69, 9.17) is 16.3 Å². The highest BCUT2D eigenvalue weighted by atomic mass is 35.5. The molecule has 0 unspecified atom stereocenters. The van der Waals surface area contributed by atoms with Crippen molar-refractivity contribution in [1.29, 1.82) is 0 Å². The number of benzene rings is 2. The number of amides is 1. The van der Waals surface area contributed by atoms with Crippen LogP contribution in [0, 0.1) is 5.82 Å². The summed E-state index contributed by atoms with van der Waals surface area (Å²) in [5, 5.41) is 9.72. The zero-order chi connectivity index (χ0) is 23.5. The number of ether oxygens (including phenoxy) is 1. The van der Waals surface area contributed by atoms with Gasteiger partial charge in [0.1, 0.15) is 10.8 Å². The Morgan fingerprint density at radius 3 is 2.52 bits per heavy atom. The van der Waals surface area contributed by atoms with Crippen LogP contribution in [0.25, 0.3) is 16.5 Å². The van der Waals surface area contributed by atoms with Gasteiger partial charge >= 0.3 is 5.97 Å². The lowest BCUT2D eigenvalue weighted by Gasteiger charge is -2.10. The second-order valence-corrected chi connectivity index (χ2v) is 8.28. The summed E-state index contributed by atoms with van der Waals surface area (Å²) < 4.78 is 19.5. The zero-order valence-electron chi connectivity index (χ0n) is 17.3. The third-order valence-electron chi connectivity index (χ3n) is 4.72. The molecule has 2 aromatic carbocycles. The topological polar surface area (TPSA) is 90.3 Å². The first-order valence-electron chi connectivity index (χ1n) is 9.89. The molecule has 0 atom stereocenters. The summed E-state index contributed by atoms with van der Waals surface area (Å²) in [5.74, 6) is -1.54. The van der Waals surface area contributed by atoms with Gasteiger partial charge in [-0.3, -0.25) is 9.59 Å². The highest BCUT2D eigenvalue weighted by Crippen LogP contribution is 2.31. The first kappa shape index (κ1) is 22.6. The Morgan fingerprint density at radius 2 is 1.85 bits per heavy atom. The second-order valence-electron chi connectivity index (χ2n) is 6.97.